The number of hydrogen-bond donors (Lipinski definition) is 1. The molecule has 38 heavy (non-hydrogen) atoms. The first-order valence-corrected chi connectivity index (χ1v) is 15.8. The maximum atomic E-state index is 13.3. The Bertz CT molecular complexity index is 1320. The fourth-order valence-corrected chi connectivity index (χ4v) is 7.57. The van der Waals surface area contributed by atoms with Crippen LogP contribution in [0.4, 0.5) is 0 Å². The van der Waals surface area contributed by atoms with Crippen LogP contribution in [0, 0.1) is 0 Å². The number of benzene rings is 1. The van der Waals surface area contributed by atoms with Crippen molar-refractivity contribution < 1.29 is 13.2 Å². The molecule has 0 radical (unpaired) electrons. The molecule has 5 rings (SSSR count). The van der Waals surface area contributed by atoms with Crippen LogP contribution in [-0.2, 0) is 10.0 Å². The zero-order valence-electron chi connectivity index (χ0n) is 22.8. The van der Waals surface area contributed by atoms with Crippen molar-refractivity contribution in [1.29, 1.82) is 0 Å². The van der Waals surface area contributed by atoms with Crippen LogP contribution in [0.1, 0.15) is 62.4 Å². The van der Waals surface area contributed by atoms with E-state index < -0.39 is 10.0 Å². The number of rotatable bonds is 8. The monoisotopic (exact) mass is 543 g/mol. The Morgan fingerprint density at radius 3 is 2.32 bits per heavy atom. The van der Waals surface area contributed by atoms with E-state index in [0.29, 0.717) is 25.2 Å². The maximum Gasteiger partial charge on any atom is 0.264 e. The number of hydrogen-bond acceptors (Lipinski definition) is 6. The number of pyridine rings is 1. The van der Waals surface area contributed by atoms with Gasteiger partial charge >= 0.3 is 0 Å². The molecular formula is C28H41N5O4S. The lowest BCUT2D eigenvalue weighted by Gasteiger charge is -2.40. The van der Waals surface area contributed by atoms with E-state index in [1.165, 1.54) is 6.26 Å². The van der Waals surface area contributed by atoms with Crippen molar-refractivity contribution in [3.63, 3.8) is 0 Å². The molecule has 10 heteroatoms. The highest BCUT2D eigenvalue weighted by Gasteiger charge is 2.41. The summed E-state index contributed by atoms with van der Waals surface area (Å²) in [5, 5.41) is 4.11. The van der Waals surface area contributed by atoms with Crippen molar-refractivity contribution in [3.05, 3.63) is 46.2 Å². The summed E-state index contributed by atoms with van der Waals surface area (Å²) in [6.45, 7) is 8.70. The van der Waals surface area contributed by atoms with Crippen molar-refractivity contribution in [2.75, 3.05) is 45.5 Å². The van der Waals surface area contributed by atoms with Gasteiger partial charge in [-0.3, -0.25) is 14.5 Å². The quantitative estimate of drug-likeness (QED) is 0.549. The van der Waals surface area contributed by atoms with Crippen molar-refractivity contribution in [2.45, 2.75) is 70.1 Å². The highest BCUT2D eigenvalue weighted by Crippen LogP contribution is 2.36. The summed E-state index contributed by atoms with van der Waals surface area (Å²) >= 11 is 0. The number of para-hydroxylation sites is 1. The van der Waals surface area contributed by atoms with Crippen molar-refractivity contribution in [2.24, 2.45) is 0 Å². The molecule has 3 aliphatic rings. The average molecular weight is 544 g/mol. The van der Waals surface area contributed by atoms with Gasteiger partial charge < -0.3 is 14.8 Å². The van der Waals surface area contributed by atoms with E-state index in [4.69, 9.17) is 0 Å². The number of nitrogens with one attached hydrogen (secondary N) is 1. The zero-order chi connectivity index (χ0) is 27.0. The van der Waals surface area contributed by atoms with Crippen LogP contribution >= 0.6 is 0 Å². The van der Waals surface area contributed by atoms with Crippen molar-refractivity contribution >= 4 is 26.8 Å². The Balaban J connectivity index is 1.16. The molecule has 0 saturated carbocycles. The van der Waals surface area contributed by atoms with E-state index >= 15 is 0 Å². The van der Waals surface area contributed by atoms with Gasteiger partial charge in [-0.2, -0.15) is 4.31 Å². The lowest BCUT2D eigenvalue weighted by molar-refractivity contribution is 0.0825. The molecule has 0 spiro atoms. The van der Waals surface area contributed by atoms with Gasteiger partial charge in [0.25, 0.3) is 11.5 Å². The third-order valence-corrected chi connectivity index (χ3v) is 9.92. The molecule has 208 valence electrons. The summed E-state index contributed by atoms with van der Waals surface area (Å²) in [6, 6.07) is 10.4. The number of aromatic nitrogens is 1. The summed E-state index contributed by atoms with van der Waals surface area (Å²) in [5.41, 5.74) is 0.852. The summed E-state index contributed by atoms with van der Waals surface area (Å²) in [7, 11) is -3.09. The Morgan fingerprint density at radius 1 is 1.03 bits per heavy atom. The van der Waals surface area contributed by atoms with E-state index in [1.54, 1.807) is 14.9 Å². The van der Waals surface area contributed by atoms with Gasteiger partial charge in [-0.25, -0.2) is 8.42 Å². The molecule has 4 heterocycles. The Morgan fingerprint density at radius 2 is 1.68 bits per heavy atom. The van der Waals surface area contributed by atoms with Gasteiger partial charge in [-0.15, -0.1) is 0 Å². The normalized spacial score (nSPS) is 25.3. The number of carbonyl (C=O) groups excluding carboxylic acids is 1. The standard InChI is InChI=1S/C28H41N5O4S/c1-20(2)33-26-8-5-4-7-21(26)17-25(28(33)35)27(34)29-22-18-23-9-10-24(19-22)32(23)12-6-11-30-13-15-31(16-14-30)38(3,36)37/h4-5,7-8,17,20,22-24H,6,9-16,18-19H2,1-3H3,(H,29,34)/t22?,23-,24+. The molecular weight excluding hydrogens is 502 g/mol. The molecule has 9 nitrogen and oxygen atoms in total. The summed E-state index contributed by atoms with van der Waals surface area (Å²) in [5.74, 6) is -0.263. The molecule has 1 N–H and O–H groups in total. The number of carbonyl (C=O) groups is 1. The zero-order valence-corrected chi connectivity index (χ0v) is 23.6. The highest BCUT2D eigenvalue weighted by molar-refractivity contribution is 7.88. The minimum atomic E-state index is -3.09. The third-order valence-electron chi connectivity index (χ3n) is 8.62. The molecule has 1 amide bonds. The third kappa shape index (κ3) is 5.68. The predicted molar refractivity (Wildman–Crippen MR) is 150 cm³/mol. The molecule has 3 atom stereocenters. The molecule has 3 fully saturated rings. The van der Waals surface area contributed by atoms with Gasteiger partial charge in [0.05, 0.1) is 11.8 Å². The minimum absolute atomic E-state index is 0.0391. The molecule has 1 aromatic heterocycles. The Labute approximate surface area is 225 Å². The molecule has 1 unspecified atom stereocenters. The van der Waals surface area contributed by atoms with Crippen LogP contribution < -0.4 is 10.9 Å². The summed E-state index contributed by atoms with van der Waals surface area (Å²) in [6.07, 6.45) is 6.49. The first-order valence-electron chi connectivity index (χ1n) is 14.0. The molecule has 1 aromatic carbocycles. The van der Waals surface area contributed by atoms with Gasteiger partial charge in [-0.05, 0) is 76.6 Å². The second-order valence-electron chi connectivity index (χ2n) is 11.5. The van der Waals surface area contributed by atoms with Crippen molar-refractivity contribution in [1.82, 2.24) is 24.0 Å². The van der Waals surface area contributed by atoms with Crippen LogP contribution in [0.5, 0.6) is 0 Å². The molecule has 2 bridgehead atoms. The molecule has 3 aliphatic heterocycles. The summed E-state index contributed by atoms with van der Waals surface area (Å²) in [4.78, 5) is 31.6. The van der Waals surface area contributed by atoms with Crippen molar-refractivity contribution in [3.8, 4) is 0 Å². The molecule has 2 aromatic rings. The van der Waals surface area contributed by atoms with Crippen LogP contribution in [0.25, 0.3) is 10.9 Å². The van der Waals surface area contributed by atoms with E-state index in [0.717, 1.165) is 69.2 Å². The fraction of sp³-hybridized carbons (Fsp3) is 0.643. The lowest BCUT2D eigenvalue weighted by Crippen LogP contribution is -2.52. The van der Waals surface area contributed by atoms with Gasteiger partial charge in [0.15, 0.2) is 0 Å². The largest absolute Gasteiger partial charge is 0.349 e. The number of nitrogens with zero attached hydrogens (tertiary/aromatic N) is 4. The lowest BCUT2D eigenvalue weighted by atomic mass is 9.96. The Hall–Kier alpha value is -2.27. The fourth-order valence-electron chi connectivity index (χ4n) is 6.74. The molecule has 3 saturated heterocycles. The van der Waals surface area contributed by atoms with Gasteiger partial charge in [0.1, 0.15) is 5.56 Å². The highest BCUT2D eigenvalue weighted by atomic mass is 32.2. The van der Waals surface area contributed by atoms with Gasteiger partial charge in [0, 0.05) is 50.3 Å². The van der Waals surface area contributed by atoms with Crippen LogP contribution in [0.2, 0.25) is 0 Å². The molecule has 0 aliphatic carbocycles. The predicted octanol–water partition coefficient (Wildman–Crippen LogP) is 2.27. The Kier molecular flexibility index (Phi) is 7.96. The van der Waals surface area contributed by atoms with E-state index in [9.17, 15) is 18.0 Å². The second-order valence-corrected chi connectivity index (χ2v) is 13.5. The SMILES string of the molecule is CC(C)n1c(=O)c(C(=O)NC2C[C@H]3CC[C@@H](C2)N3CCCN2CCN(S(C)(=O)=O)CC2)cc2ccccc21. The second kappa shape index (κ2) is 11.1. The number of fused-ring (bicyclic) bond motifs is 3. The van der Waals surface area contributed by atoms with E-state index in [2.05, 4.69) is 15.1 Å². The first kappa shape index (κ1) is 27.3. The van der Waals surface area contributed by atoms with Gasteiger partial charge in [-0.1, -0.05) is 18.2 Å². The minimum Gasteiger partial charge on any atom is -0.349 e. The maximum absolute atomic E-state index is 13.3. The smallest absolute Gasteiger partial charge is 0.264 e. The number of piperazine rings is 1. The van der Waals surface area contributed by atoms with Gasteiger partial charge in [0.2, 0.25) is 10.0 Å². The van der Waals surface area contributed by atoms with Crippen LogP contribution in [-0.4, -0.2) is 96.6 Å². The average Bonchev–Trinajstić information content (AvgIpc) is 3.10. The van der Waals surface area contributed by atoms with Crippen LogP contribution in [0.15, 0.2) is 35.1 Å². The number of piperidine rings is 1. The topological polar surface area (TPSA) is 95.0 Å². The summed E-state index contributed by atoms with van der Waals surface area (Å²) < 4.78 is 26.8. The van der Waals surface area contributed by atoms with Crippen LogP contribution in [0.3, 0.4) is 0 Å². The first-order chi connectivity index (χ1) is 18.1. The number of amides is 1. The van der Waals surface area contributed by atoms with E-state index in [-0.39, 0.29) is 29.1 Å². The van der Waals surface area contributed by atoms with E-state index in [1.807, 2.05) is 38.1 Å². The number of sulfonamides is 1.